The molecule has 6 unspecified atom stereocenters. The van der Waals surface area contributed by atoms with Crippen LogP contribution in [0.5, 0.6) is 0 Å². The van der Waals surface area contributed by atoms with Gasteiger partial charge in [-0.3, -0.25) is 9.59 Å². The van der Waals surface area contributed by atoms with Gasteiger partial charge in [0.2, 0.25) is 0 Å². The van der Waals surface area contributed by atoms with Crippen molar-refractivity contribution in [2.75, 3.05) is 19.6 Å². The summed E-state index contributed by atoms with van der Waals surface area (Å²) in [6, 6.07) is 1.84. The second-order valence-electron chi connectivity index (χ2n) is 12.0. The van der Waals surface area contributed by atoms with Gasteiger partial charge < -0.3 is 25.7 Å². The molecule has 0 radical (unpaired) electrons. The van der Waals surface area contributed by atoms with Crippen LogP contribution in [-0.2, 0) is 9.59 Å². The van der Waals surface area contributed by atoms with Crippen LogP contribution < -0.4 is 10.6 Å². The van der Waals surface area contributed by atoms with Gasteiger partial charge in [0.1, 0.15) is 6.04 Å². The van der Waals surface area contributed by atoms with Crippen molar-refractivity contribution in [3.63, 3.8) is 0 Å². The number of rotatable bonds is 2. The third-order valence-corrected chi connectivity index (χ3v) is 9.61. The lowest BCUT2D eigenvalue weighted by Crippen LogP contribution is -2.48. The quantitative estimate of drug-likeness (QED) is 0.458. The molecule has 0 aromatic rings. The Morgan fingerprint density at radius 2 is 1.23 bits per heavy atom. The van der Waals surface area contributed by atoms with Crippen LogP contribution in [-0.4, -0.2) is 70.9 Å². The zero-order chi connectivity index (χ0) is 24.6. The molecule has 0 spiro atoms. The van der Waals surface area contributed by atoms with E-state index in [-0.39, 0.29) is 12.0 Å². The molecular weight excluding hydrogens is 442 g/mol. The zero-order valence-corrected chi connectivity index (χ0v) is 21.6. The minimum Gasteiger partial charge on any atom is -0.481 e. The van der Waals surface area contributed by atoms with Gasteiger partial charge >= 0.3 is 11.9 Å². The highest BCUT2D eigenvalue weighted by Crippen LogP contribution is 2.34. The summed E-state index contributed by atoms with van der Waals surface area (Å²) in [6.45, 7) is 3.46. The smallest absolute Gasteiger partial charge is 0.320 e. The second-order valence-corrected chi connectivity index (χ2v) is 12.0. The summed E-state index contributed by atoms with van der Waals surface area (Å²) in [7, 11) is 0. The minimum atomic E-state index is -0.676. The van der Waals surface area contributed by atoms with Crippen molar-refractivity contribution < 1.29 is 19.8 Å². The van der Waals surface area contributed by atoms with E-state index in [0.717, 1.165) is 18.9 Å². The van der Waals surface area contributed by atoms with Gasteiger partial charge in [0, 0.05) is 24.7 Å². The number of hydrogen-bond donors (Lipinski definition) is 4. The summed E-state index contributed by atoms with van der Waals surface area (Å²) in [4.78, 5) is 24.2. The number of aliphatic carboxylic acids is 2. The molecule has 2 aliphatic carbocycles. The number of nitrogens with one attached hydrogen (secondary N) is 2. The largest absolute Gasteiger partial charge is 0.481 e. The predicted octanol–water partition coefficient (Wildman–Crippen LogP) is 4.26. The van der Waals surface area contributed by atoms with Gasteiger partial charge in [-0.25, -0.2) is 0 Å². The Hall–Kier alpha value is -1.18. The number of carboxylic acids is 2. The Bertz CT molecular complexity index is 649. The number of nitrogens with zero attached hydrogens (tertiary/aromatic N) is 1. The van der Waals surface area contributed by atoms with Crippen molar-refractivity contribution in [3.8, 4) is 0 Å². The first-order valence-corrected chi connectivity index (χ1v) is 14.7. The maximum atomic E-state index is 10.8. The van der Waals surface area contributed by atoms with E-state index in [1.165, 1.54) is 103 Å². The lowest BCUT2D eigenvalue weighted by molar-refractivity contribution is -0.143. The monoisotopic (exact) mass is 491 g/mol. The van der Waals surface area contributed by atoms with Crippen LogP contribution in [0, 0.1) is 17.8 Å². The van der Waals surface area contributed by atoms with E-state index in [4.69, 9.17) is 10.2 Å². The van der Waals surface area contributed by atoms with Gasteiger partial charge in [-0.1, -0.05) is 38.5 Å². The molecule has 0 bridgehead atoms. The molecule has 7 heteroatoms. The number of carboxylic acid groups (broad SMARTS) is 2. The predicted molar refractivity (Wildman–Crippen MR) is 137 cm³/mol. The fraction of sp³-hybridized carbons (Fsp3) is 0.929. The number of piperidine rings is 3. The van der Waals surface area contributed by atoms with E-state index in [9.17, 15) is 9.59 Å². The second kappa shape index (κ2) is 13.4. The average Bonchev–Trinajstić information content (AvgIpc) is 3.34. The van der Waals surface area contributed by atoms with Gasteiger partial charge in [0.15, 0.2) is 0 Å². The maximum Gasteiger partial charge on any atom is 0.320 e. The highest BCUT2D eigenvalue weighted by Gasteiger charge is 2.38. The summed E-state index contributed by atoms with van der Waals surface area (Å²) in [6.07, 6.45) is 20.6. The number of fused-ring (bicyclic) bond motifs is 3. The molecule has 6 fully saturated rings. The van der Waals surface area contributed by atoms with Crippen molar-refractivity contribution in [2.24, 2.45) is 17.8 Å². The Morgan fingerprint density at radius 3 is 1.80 bits per heavy atom. The average molecular weight is 492 g/mol. The molecule has 4 heterocycles. The summed E-state index contributed by atoms with van der Waals surface area (Å²) >= 11 is 0. The standard InChI is InChI=1S/C10H17NO2.C9H15NO2.C9H17N/c12-10(13)8-5-7-3-1-2-4-9(7)11-6-8;11-9(12)8-5-6-3-1-2-4-7(6)10-8;1-3-7-10-8-4-2-6-9(10)5-1/h7-9,11H,1-6H2,(H,12,13);6-8,10H,1-5H2,(H,11,12);9H,1-8H2. The van der Waals surface area contributed by atoms with E-state index in [2.05, 4.69) is 15.5 Å². The molecule has 0 amide bonds. The molecular formula is C28H49N3O4. The van der Waals surface area contributed by atoms with E-state index < -0.39 is 11.9 Å². The molecule has 35 heavy (non-hydrogen) atoms. The summed E-state index contributed by atoms with van der Waals surface area (Å²) in [5.41, 5.74) is 0. The third-order valence-electron chi connectivity index (χ3n) is 9.61. The number of carbonyl (C=O) groups is 2. The first-order valence-electron chi connectivity index (χ1n) is 14.7. The van der Waals surface area contributed by atoms with Crippen molar-refractivity contribution in [1.29, 1.82) is 0 Å². The molecule has 4 saturated heterocycles. The fourth-order valence-corrected chi connectivity index (χ4v) is 7.58. The Labute approximate surface area is 211 Å². The van der Waals surface area contributed by atoms with Crippen molar-refractivity contribution in [2.45, 2.75) is 127 Å². The highest BCUT2D eigenvalue weighted by molar-refractivity contribution is 5.74. The molecule has 0 aromatic carbocycles. The topological polar surface area (TPSA) is 102 Å². The van der Waals surface area contributed by atoms with Crippen LogP contribution in [0.3, 0.4) is 0 Å². The van der Waals surface area contributed by atoms with Crippen LogP contribution >= 0.6 is 0 Å². The first-order chi connectivity index (χ1) is 17.0. The SMILES string of the molecule is C1CCN2CCCCC2C1.O=C(O)C1CC2CCCCC2N1.O=C(O)C1CNC2CCCCC2C1. The van der Waals surface area contributed by atoms with Crippen LogP contribution in [0.2, 0.25) is 0 Å². The fourth-order valence-electron chi connectivity index (χ4n) is 7.58. The van der Waals surface area contributed by atoms with Crippen LogP contribution in [0.25, 0.3) is 0 Å². The molecule has 2 saturated carbocycles. The molecule has 200 valence electrons. The number of hydrogen-bond acceptors (Lipinski definition) is 5. The van der Waals surface area contributed by atoms with Gasteiger partial charge in [-0.2, -0.15) is 0 Å². The summed E-state index contributed by atoms with van der Waals surface area (Å²) < 4.78 is 0. The first kappa shape index (κ1) is 26.9. The molecule has 6 rings (SSSR count). The van der Waals surface area contributed by atoms with Crippen LogP contribution in [0.15, 0.2) is 0 Å². The van der Waals surface area contributed by atoms with E-state index in [1.807, 2.05) is 0 Å². The minimum absolute atomic E-state index is 0.139. The molecule has 6 aliphatic rings. The molecule has 0 aromatic heterocycles. The van der Waals surface area contributed by atoms with E-state index in [1.54, 1.807) is 0 Å². The van der Waals surface area contributed by atoms with Crippen LogP contribution in [0.4, 0.5) is 0 Å². The molecule has 4 N–H and O–H groups in total. The Morgan fingerprint density at radius 1 is 0.657 bits per heavy atom. The van der Waals surface area contributed by atoms with Crippen LogP contribution in [0.1, 0.15) is 103 Å². The van der Waals surface area contributed by atoms with Crippen molar-refractivity contribution in [1.82, 2.24) is 15.5 Å². The Balaban J connectivity index is 0.000000125. The molecule has 4 aliphatic heterocycles. The van der Waals surface area contributed by atoms with E-state index in [0.29, 0.717) is 30.5 Å². The normalized spacial score (nSPS) is 37.3. The van der Waals surface area contributed by atoms with Gasteiger partial charge in [-0.05, 0) is 89.1 Å². The van der Waals surface area contributed by atoms with E-state index >= 15 is 0 Å². The lowest BCUT2D eigenvalue weighted by Gasteiger charge is -2.39. The maximum absolute atomic E-state index is 10.8. The zero-order valence-electron chi connectivity index (χ0n) is 21.6. The molecule has 6 atom stereocenters. The van der Waals surface area contributed by atoms with Gasteiger partial charge in [0.05, 0.1) is 5.92 Å². The van der Waals surface area contributed by atoms with Gasteiger partial charge in [0.25, 0.3) is 0 Å². The Kier molecular flexibility index (Phi) is 10.3. The highest BCUT2D eigenvalue weighted by atomic mass is 16.4. The summed E-state index contributed by atoms with van der Waals surface area (Å²) in [5.74, 6) is -0.177. The molecule has 7 nitrogen and oxygen atoms in total. The van der Waals surface area contributed by atoms with Gasteiger partial charge in [-0.15, -0.1) is 0 Å². The third kappa shape index (κ3) is 7.65. The van der Waals surface area contributed by atoms with Crippen molar-refractivity contribution in [3.05, 3.63) is 0 Å². The van der Waals surface area contributed by atoms with Crippen molar-refractivity contribution >= 4 is 11.9 Å². The summed E-state index contributed by atoms with van der Waals surface area (Å²) in [5, 5.41) is 24.3. The lowest BCUT2D eigenvalue weighted by atomic mass is 9.76.